The Morgan fingerprint density at radius 2 is 1.93 bits per heavy atom. The zero-order valence-electron chi connectivity index (χ0n) is 15.5. The van der Waals surface area contributed by atoms with E-state index >= 15 is 0 Å². The van der Waals surface area contributed by atoms with E-state index in [4.69, 9.17) is 0 Å². The predicted octanol–water partition coefficient (Wildman–Crippen LogP) is 3.86. The molecule has 0 radical (unpaired) electrons. The number of aliphatic hydroxyl groups excluding tert-OH is 1. The van der Waals surface area contributed by atoms with Gasteiger partial charge in [-0.25, -0.2) is 4.98 Å². The van der Waals surface area contributed by atoms with Crippen molar-refractivity contribution in [3.63, 3.8) is 0 Å². The molecular formula is C22H23N3O2S. The molecule has 0 aliphatic heterocycles. The minimum absolute atomic E-state index is 0.351. The summed E-state index contributed by atoms with van der Waals surface area (Å²) in [4.78, 5) is 20.9. The monoisotopic (exact) mass is 393 g/mol. The standard InChI is InChI=1S/C22H23N3O2S/c26-21(18-7-5-16(6-8-18)15-3-4-15)22(27)24-11-1-2-20-25-19(14-28-20)17-9-12-23-13-10-17/h5-10,12-15,21,26H,1-4,11H2,(H,24,27). The minimum atomic E-state index is -1.12. The first-order valence-electron chi connectivity index (χ1n) is 9.61. The van der Waals surface area contributed by atoms with Crippen LogP contribution in [0.15, 0.2) is 54.2 Å². The molecule has 144 valence electrons. The Bertz CT molecular complexity index is 920. The van der Waals surface area contributed by atoms with E-state index < -0.39 is 6.10 Å². The van der Waals surface area contributed by atoms with Gasteiger partial charge < -0.3 is 10.4 Å². The van der Waals surface area contributed by atoms with Crippen molar-refractivity contribution < 1.29 is 9.90 Å². The lowest BCUT2D eigenvalue weighted by Crippen LogP contribution is -2.30. The molecule has 0 bridgehead atoms. The van der Waals surface area contributed by atoms with Crippen LogP contribution in [0.4, 0.5) is 0 Å². The number of aryl methyl sites for hydroxylation is 1. The van der Waals surface area contributed by atoms with Crippen LogP contribution in [-0.4, -0.2) is 27.5 Å². The van der Waals surface area contributed by atoms with Gasteiger partial charge in [-0.15, -0.1) is 11.3 Å². The topological polar surface area (TPSA) is 75.1 Å². The van der Waals surface area contributed by atoms with Crippen LogP contribution in [0.2, 0.25) is 0 Å². The van der Waals surface area contributed by atoms with E-state index in [9.17, 15) is 9.90 Å². The van der Waals surface area contributed by atoms with E-state index in [1.165, 1.54) is 18.4 Å². The first kappa shape index (κ1) is 18.8. The molecule has 1 unspecified atom stereocenters. The summed E-state index contributed by atoms with van der Waals surface area (Å²) in [5.41, 5.74) is 3.95. The number of pyridine rings is 1. The summed E-state index contributed by atoms with van der Waals surface area (Å²) in [5.74, 6) is 0.320. The predicted molar refractivity (Wildman–Crippen MR) is 110 cm³/mol. The van der Waals surface area contributed by atoms with Crippen molar-refractivity contribution in [1.29, 1.82) is 0 Å². The summed E-state index contributed by atoms with van der Waals surface area (Å²) in [7, 11) is 0. The zero-order chi connectivity index (χ0) is 19.3. The van der Waals surface area contributed by atoms with Crippen LogP contribution in [0, 0.1) is 0 Å². The molecule has 1 fully saturated rings. The van der Waals surface area contributed by atoms with E-state index in [1.807, 2.05) is 41.8 Å². The second kappa shape index (κ2) is 8.63. The van der Waals surface area contributed by atoms with E-state index in [2.05, 4.69) is 15.3 Å². The Labute approximate surface area is 168 Å². The molecule has 1 aromatic carbocycles. The van der Waals surface area contributed by atoms with Crippen molar-refractivity contribution in [2.45, 2.75) is 37.7 Å². The van der Waals surface area contributed by atoms with Crippen LogP contribution < -0.4 is 5.32 Å². The molecule has 2 N–H and O–H groups in total. The van der Waals surface area contributed by atoms with Crippen LogP contribution >= 0.6 is 11.3 Å². The van der Waals surface area contributed by atoms with Crippen molar-refractivity contribution in [2.24, 2.45) is 0 Å². The number of nitrogens with zero attached hydrogens (tertiary/aromatic N) is 2. The second-order valence-corrected chi connectivity index (χ2v) is 8.04. The van der Waals surface area contributed by atoms with E-state index in [-0.39, 0.29) is 5.91 Å². The van der Waals surface area contributed by atoms with E-state index in [1.54, 1.807) is 23.7 Å². The van der Waals surface area contributed by atoms with Crippen LogP contribution in [0.3, 0.4) is 0 Å². The fraction of sp³-hybridized carbons (Fsp3) is 0.318. The maximum atomic E-state index is 12.2. The average molecular weight is 394 g/mol. The number of hydrogen-bond acceptors (Lipinski definition) is 5. The lowest BCUT2D eigenvalue weighted by Gasteiger charge is -2.12. The van der Waals surface area contributed by atoms with Crippen LogP contribution in [0.5, 0.6) is 0 Å². The number of thiazole rings is 1. The fourth-order valence-electron chi connectivity index (χ4n) is 3.15. The maximum absolute atomic E-state index is 12.2. The van der Waals surface area contributed by atoms with Gasteiger partial charge in [0, 0.05) is 36.3 Å². The van der Waals surface area contributed by atoms with Gasteiger partial charge in [0.15, 0.2) is 6.10 Å². The lowest BCUT2D eigenvalue weighted by molar-refractivity contribution is -0.129. The van der Waals surface area contributed by atoms with E-state index in [0.717, 1.165) is 29.1 Å². The summed E-state index contributed by atoms with van der Waals surface area (Å²) in [6.45, 7) is 0.514. The minimum Gasteiger partial charge on any atom is -0.378 e. The SMILES string of the molecule is O=C(NCCCc1nc(-c2ccncc2)cs1)C(O)c1ccc(C2CC2)cc1. The Kier molecular flexibility index (Phi) is 5.78. The molecule has 28 heavy (non-hydrogen) atoms. The second-order valence-electron chi connectivity index (χ2n) is 7.10. The van der Waals surface area contributed by atoms with Gasteiger partial charge in [-0.05, 0) is 48.4 Å². The van der Waals surface area contributed by atoms with Crippen molar-refractivity contribution in [2.75, 3.05) is 6.54 Å². The summed E-state index contributed by atoms with van der Waals surface area (Å²) in [6.07, 6.45) is 6.46. The number of aromatic nitrogens is 2. The van der Waals surface area contributed by atoms with Gasteiger partial charge in [0.1, 0.15) is 0 Å². The number of carbonyl (C=O) groups excluding carboxylic acids is 1. The molecule has 5 nitrogen and oxygen atoms in total. The van der Waals surface area contributed by atoms with Gasteiger partial charge in [-0.3, -0.25) is 9.78 Å². The normalized spacial score (nSPS) is 14.6. The third kappa shape index (κ3) is 4.64. The molecule has 0 spiro atoms. The van der Waals surface area contributed by atoms with Crippen LogP contribution in [-0.2, 0) is 11.2 Å². The number of rotatable bonds is 8. The van der Waals surface area contributed by atoms with Crippen molar-refractivity contribution >= 4 is 17.2 Å². The number of benzene rings is 1. The molecule has 4 rings (SSSR count). The molecule has 1 aliphatic rings. The first-order chi connectivity index (χ1) is 13.7. The van der Waals surface area contributed by atoms with Gasteiger partial charge in [-0.2, -0.15) is 0 Å². The van der Waals surface area contributed by atoms with Gasteiger partial charge in [0.2, 0.25) is 0 Å². The molecule has 1 saturated carbocycles. The fourth-order valence-corrected chi connectivity index (χ4v) is 4.00. The molecule has 2 aromatic heterocycles. The molecule has 1 amide bonds. The van der Waals surface area contributed by atoms with E-state index in [0.29, 0.717) is 18.0 Å². The highest BCUT2D eigenvalue weighted by molar-refractivity contribution is 7.09. The molecule has 1 atom stereocenters. The molecular weight excluding hydrogens is 370 g/mol. The number of nitrogens with one attached hydrogen (secondary N) is 1. The smallest absolute Gasteiger partial charge is 0.253 e. The van der Waals surface area contributed by atoms with Crippen molar-refractivity contribution in [3.8, 4) is 11.3 Å². The largest absolute Gasteiger partial charge is 0.378 e. The highest BCUT2D eigenvalue weighted by Crippen LogP contribution is 2.40. The Morgan fingerprint density at radius 3 is 2.64 bits per heavy atom. The summed E-state index contributed by atoms with van der Waals surface area (Å²) in [6, 6.07) is 11.6. The number of aliphatic hydroxyl groups is 1. The highest BCUT2D eigenvalue weighted by atomic mass is 32.1. The number of hydrogen-bond donors (Lipinski definition) is 2. The third-order valence-corrected chi connectivity index (χ3v) is 5.85. The van der Waals surface area contributed by atoms with Gasteiger partial charge >= 0.3 is 0 Å². The molecule has 3 aromatic rings. The lowest BCUT2D eigenvalue weighted by atomic mass is 10.0. The van der Waals surface area contributed by atoms with Crippen molar-refractivity contribution in [3.05, 3.63) is 70.3 Å². The third-order valence-electron chi connectivity index (χ3n) is 4.94. The summed E-state index contributed by atoms with van der Waals surface area (Å²) >= 11 is 1.62. The number of amides is 1. The summed E-state index contributed by atoms with van der Waals surface area (Å²) in [5, 5.41) is 16.2. The van der Waals surface area contributed by atoms with Gasteiger partial charge in [0.05, 0.1) is 10.7 Å². The molecule has 2 heterocycles. The highest BCUT2D eigenvalue weighted by Gasteiger charge is 2.24. The average Bonchev–Trinajstić information content (AvgIpc) is 3.49. The van der Waals surface area contributed by atoms with Crippen LogP contribution in [0.25, 0.3) is 11.3 Å². The first-order valence-corrected chi connectivity index (χ1v) is 10.5. The van der Waals surface area contributed by atoms with Gasteiger partial charge in [-0.1, -0.05) is 24.3 Å². The Hall–Kier alpha value is -2.57. The molecule has 1 aliphatic carbocycles. The quantitative estimate of drug-likeness (QED) is 0.570. The Morgan fingerprint density at radius 1 is 1.18 bits per heavy atom. The zero-order valence-corrected chi connectivity index (χ0v) is 16.4. The van der Waals surface area contributed by atoms with Gasteiger partial charge in [0.25, 0.3) is 5.91 Å². The molecule has 6 heteroatoms. The molecule has 0 saturated heterocycles. The summed E-state index contributed by atoms with van der Waals surface area (Å²) < 4.78 is 0. The van der Waals surface area contributed by atoms with Crippen molar-refractivity contribution in [1.82, 2.24) is 15.3 Å². The maximum Gasteiger partial charge on any atom is 0.253 e. The number of carbonyl (C=O) groups is 1. The Balaban J connectivity index is 1.22. The van der Waals surface area contributed by atoms with Crippen LogP contribution in [0.1, 0.15) is 47.4 Å².